The average molecular weight is 236 g/mol. The van der Waals surface area contributed by atoms with Gasteiger partial charge >= 0.3 is 0 Å². The van der Waals surface area contributed by atoms with E-state index >= 15 is 0 Å². The Balaban J connectivity index is 1.79. The standard InChI is InChI=1S/C16H16N2/c1-3-7-14-12(5-1)9-10-18-11-13-6-2-4-8-15(13)17-16(14)18/h1-8,16-17H,9-11H2/t16-/m1/s1. The topological polar surface area (TPSA) is 15.3 Å². The smallest absolute Gasteiger partial charge is 0.106 e. The zero-order chi connectivity index (χ0) is 11.9. The maximum atomic E-state index is 3.68. The van der Waals surface area contributed by atoms with Crippen molar-refractivity contribution in [3.8, 4) is 0 Å². The highest BCUT2D eigenvalue weighted by Crippen LogP contribution is 2.36. The first-order chi connectivity index (χ1) is 8.92. The van der Waals surface area contributed by atoms with Gasteiger partial charge in [0.15, 0.2) is 0 Å². The first-order valence-corrected chi connectivity index (χ1v) is 6.58. The summed E-state index contributed by atoms with van der Waals surface area (Å²) in [6.07, 6.45) is 1.51. The zero-order valence-electron chi connectivity index (χ0n) is 10.3. The summed E-state index contributed by atoms with van der Waals surface area (Å²) < 4.78 is 0. The third-order valence-corrected chi connectivity index (χ3v) is 4.07. The third-order valence-electron chi connectivity index (χ3n) is 4.07. The number of anilines is 1. The van der Waals surface area contributed by atoms with E-state index in [0.717, 1.165) is 19.5 Å². The number of benzene rings is 2. The molecule has 2 nitrogen and oxygen atoms in total. The number of rotatable bonds is 0. The molecule has 18 heavy (non-hydrogen) atoms. The highest BCUT2D eigenvalue weighted by Gasteiger charge is 2.30. The van der Waals surface area contributed by atoms with Crippen LogP contribution in [0.1, 0.15) is 22.9 Å². The molecule has 2 aliphatic rings. The Kier molecular flexibility index (Phi) is 2.17. The first kappa shape index (κ1) is 10.2. The number of fused-ring (bicyclic) bond motifs is 4. The van der Waals surface area contributed by atoms with Gasteiger partial charge in [-0.25, -0.2) is 0 Å². The van der Waals surface area contributed by atoms with Crippen LogP contribution in [0.5, 0.6) is 0 Å². The largest absolute Gasteiger partial charge is 0.366 e. The summed E-state index contributed by atoms with van der Waals surface area (Å²) >= 11 is 0. The van der Waals surface area contributed by atoms with Crippen LogP contribution >= 0.6 is 0 Å². The fourth-order valence-corrected chi connectivity index (χ4v) is 3.12. The van der Waals surface area contributed by atoms with E-state index in [1.54, 1.807) is 0 Å². The SMILES string of the molecule is c1ccc2c(c1)CN1CCc3ccccc3[C@@H]1N2. The van der Waals surface area contributed by atoms with Crippen LogP contribution in [0.15, 0.2) is 48.5 Å². The molecule has 1 atom stereocenters. The molecule has 0 aliphatic carbocycles. The highest BCUT2D eigenvalue weighted by molar-refractivity contribution is 5.55. The molecule has 0 saturated carbocycles. The Morgan fingerprint density at radius 2 is 1.72 bits per heavy atom. The van der Waals surface area contributed by atoms with E-state index in [1.165, 1.54) is 22.4 Å². The van der Waals surface area contributed by atoms with E-state index in [2.05, 4.69) is 58.7 Å². The van der Waals surface area contributed by atoms with Crippen LogP contribution in [0.3, 0.4) is 0 Å². The summed E-state index contributed by atoms with van der Waals surface area (Å²) in [7, 11) is 0. The molecule has 2 heterocycles. The zero-order valence-corrected chi connectivity index (χ0v) is 10.3. The van der Waals surface area contributed by atoms with Crippen molar-refractivity contribution in [3.63, 3.8) is 0 Å². The molecule has 0 fully saturated rings. The van der Waals surface area contributed by atoms with Gasteiger partial charge in [-0.2, -0.15) is 0 Å². The lowest BCUT2D eigenvalue weighted by Crippen LogP contribution is -2.42. The Morgan fingerprint density at radius 3 is 2.67 bits per heavy atom. The van der Waals surface area contributed by atoms with E-state index in [9.17, 15) is 0 Å². The lowest BCUT2D eigenvalue weighted by atomic mass is 9.94. The van der Waals surface area contributed by atoms with Gasteiger partial charge in [0, 0.05) is 18.8 Å². The van der Waals surface area contributed by atoms with Gasteiger partial charge in [-0.15, -0.1) is 0 Å². The van der Waals surface area contributed by atoms with Crippen molar-refractivity contribution in [2.45, 2.75) is 19.1 Å². The molecule has 2 aromatic rings. The average Bonchev–Trinajstić information content (AvgIpc) is 2.45. The molecule has 0 spiro atoms. The summed E-state index contributed by atoms with van der Waals surface area (Å²) in [6.45, 7) is 2.20. The summed E-state index contributed by atoms with van der Waals surface area (Å²) in [6, 6.07) is 17.4. The van der Waals surface area contributed by atoms with Crippen LogP contribution in [0.2, 0.25) is 0 Å². The van der Waals surface area contributed by atoms with Crippen LogP contribution in [0.25, 0.3) is 0 Å². The van der Waals surface area contributed by atoms with Crippen LogP contribution in [-0.4, -0.2) is 11.4 Å². The molecule has 1 N–H and O–H groups in total. The predicted octanol–water partition coefficient (Wildman–Crippen LogP) is 3.17. The van der Waals surface area contributed by atoms with Crippen molar-refractivity contribution >= 4 is 5.69 Å². The fraction of sp³-hybridized carbons (Fsp3) is 0.250. The monoisotopic (exact) mass is 236 g/mol. The van der Waals surface area contributed by atoms with Gasteiger partial charge in [-0.1, -0.05) is 42.5 Å². The molecule has 0 amide bonds. The highest BCUT2D eigenvalue weighted by atomic mass is 15.3. The number of para-hydroxylation sites is 1. The van der Waals surface area contributed by atoms with Crippen LogP contribution in [0.4, 0.5) is 5.69 Å². The number of hydrogen-bond donors (Lipinski definition) is 1. The van der Waals surface area contributed by atoms with Gasteiger partial charge in [-0.3, -0.25) is 4.90 Å². The van der Waals surface area contributed by atoms with Gasteiger partial charge in [0.25, 0.3) is 0 Å². The quantitative estimate of drug-likeness (QED) is 0.756. The normalized spacial score (nSPS) is 21.4. The minimum atomic E-state index is 0.352. The van der Waals surface area contributed by atoms with E-state index in [1.807, 2.05) is 0 Å². The second kappa shape index (κ2) is 3.85. The van der Waals surface area contributed by atoms with Gasteiger partial charge < -0.3 is 5.32 Å². The molecular formula is C16H16N2. The van der Waals surface area contributed by atoms with Crippen LogP contribution < -0.4 is 5.32 Å². The number of hydrogen-bond acceptors (Lipinski definition) is 2. The van der Waals surface area contributed by atoms with Crippen molar-refractivity contribution in [1.82, 2.24) is 4.90 Å². The van der Waals surface area contributed by atoms with Crippen molar-refractivity contribution in [2.24, 2.45) is 0 Å². The molecule has 0 saturated heterocycles. The Bertz CT molecular complexity index is 591. The molecule has 0 aromatic heterocycles. The lowest BCUT2D eigenvalue weighted by Gasteiger charge is -2.42. The van der Waals surface area contributed by atoms with Gasteiger partial charge in [0.05, 0.1) is 0 Å². The maximum absolute atomic E-state index is 3.68. The van der Waals surface area contributed by atoms with Crippen molar-refractivity contribution in [3.05, 3.63) is 65.2 Å². The van der Waals surface area contributed by atoms with Gasteiger partial charge in [0.2, 0.25) is 0 Å². The Morgan fingerprint density at radius 1 is 0.944 bits per heavy atom. The van der Waals surface area contributed by atoms with Crippen LogP contribution in [-0.2, 0) is 13.0 Å². The molecule has 2 heteroatoms. The van der Waals surface area contributed by atoms with E-state index in [4.69, 9.17) is 0 Å². The molecule has 90 valence electrons. The third kappa shape index (κ3) is 1.46. The first-order valence-electron chi connectivity index (χ1n) is 6.58. The molecule has 2 aliphatic heterocycles. The predicted molar refractivity (Wildman–Crippen MR) is 73.4 cm³/mol. The van der Waals surface area contributed by atoms with E-state index < -0.39 is 0 Å². The molecule has 0 radical (unpaired) electrons. The number of nitrogens with zero attached hydrogens (tertiary/aromatic N) is 1. The summed E-state index contributed by atoms with van der Waals surface area (Å²) in [5, 5.41) is 3.68. The van der Waals surface area contributed by atoms with Gasteiger partial charge in [0.1, 0.15) is 6.17 Å². The van der Waals surface area contributed by atoms with Crippen LogP contribution in [0, 0.1) is 0 Å². The molecule has 2 aromatic carbocycles. The maximum Gasteiger partial charge on any atom is 0.106 e. The van der Waals surface area contributed by atoms with E-state index in [0.29, 0.717) is 6.17 Å². The lowest BCUT2D eigenvalue weighted by molar-refractivity contribution is 0.187. The van der Waals surface area contributed by atoms with Crippen molar-refractivity contribution < 1.29 is 0 Å². The molecular weight excluding hydrogens is 220 g/mol. The van der Waals surface area contributed by atoms with Crippen molar-refractivity contribution in [2.75, 3.05) is 11.9 Å². The summed E-state index contributed by atoms with van der Waals surface area (Å²) in [4.78, 5) is 2.53. The minimum absolute atomic E-state index is 0.352. The Labute approximate surface area is 107 Å². The molecule has 0 unspecified atom stereocenters. The van der Waals surface area contributed by atoms with Gasteiger partial charge in [-0.05, 0) is 29.2 Å². The fourth-order valence-electron chi connectivity index (χ4n) is 3.12. The minimum Gasteiger partial charge on any atom is -0.366 e. The van der Waals surface area contributed by atoms with E-state index in [-0.39, 0.29) is 0 Å². The molecule has 0 bridgehead atoms. The summed E-state index contributed by atoms with van der Waals surface area (Å²) in [5.74, 6) is 0. The second-order valence-corrected chi connectivity index (χ2v) is 5.12. The summed E-state index contributed by atoms with van der Waals surface area (Å²) in [5.41, 5.74) is 5.63. The number of nitrogens with one attached hydrogen (secondary N) is 1. The van der Waals surface area contributed by atoms with Crippen molar-refractivity contribution in [1.29, 1.82) is 0 Å². The molecule has 4 rings (SSSR count). The Hall–Kier alpha value is -1.80. The second-order valence-electron chi connectivity index (χ2n) is 5.12.